The van der Waals surface area contributed by atoms with Crippen molar-refractivity contribution in [1.29, 1.82) is 0 Å². The fraction of sp³-hybridized carbons (Fsp3) is 0.190. The number of fused-ring (bicyclic) bond motifs is 1. The van der Waals surface area contributed by atoms with Gasteiger partial charge in [0.05, 0.1) is 5.69 Å². The summed E-state index contributed by atoms with van der Waals surface area (Å²) in [5.41, 5.74) is 3.18. The van der Waals surface area contributed by atoms with Crippen LogP contribution >= 0.6 is 11.3 Å². The van der Waals surface area contributed by atoms with Crippen molar-refractivity contribution in [2.24, 2.45) is 0 Å². The molecule has 0 spiro atoms. The lowest BCUT2D eigenvalue weighted by Gasteiger charge is -2.23. The minimum absolute atomic E-state index is 0.00777. The molecule has 4 rings (SSSR count). The summed E-state index contributed by atoms with van der Waals surface area (Å²) in [5.74, 6) is -0.00777. The number of carbonyl (C=O) groups is 1. The Morgan fingerprint density at radius 1 is 1.19 bits per heavy atom. The third-order valence-corrected chi connectivity index (χ3v) is 5.43. The highest BCUT2D eigenvalue weighted by atomic mass is 32.1. The zero-order valence-electron chi connectivity index (χ0n) is 15.1. The van der Waals surface area contributed by atoms with E-state index in [1.807, 2.05) is 65.0 Å². The lowest BCUT2D eigenvalue weighted by atomic mass is 10.2. The lowest BCUT2D eigenvalue weighted by molar-refractivity contribution is 0.0737. The highest BCUT2D eigenvalue weighted by molar-refractivity contribution is 7.09. The van der Waals surface area contributed by atoms with Crippen LogP contribution in [0.4, 0.5) is 0 Å². The van der Waals surface area contributed by atoms with Crippen molar-refractivity contribution in [2.75, 3.05) is 6.54 Å². The van der Waals surface area contributed by atoms with E-state index in [4.69, 9.17) is 0 Å². The first-order valence-corrected chi connectivity index (χ1v) is 9.74. The molecule has 27 heavy (non-hydrogen) atoms. The number of pyridine rings is 2. The molecule has 4 heterocycles. The molecule has 0 aliphatic rings. The number of carbonyl (C=O) groups excluding carboxylic acids is 1. The summed E-state index contributed by atoms with van der Waals surface area (Å²) in [7, 11) is 0. The molecular weight excluding hydrogens is 356 g/mol. The number of hydrogen-bond acceptors (Lipinski definition) is 4. The smallest absolute Gasteiger partial charge is 0.273 e. The second-order valence-corrected chi connectivity index (χ2v) is 7.42. The van der Waals surface area contributed by atoms with Crippen molar-refractivity contribution in [1.82, 2.24) is 19.3 Å². The van der Waals surface area contributed by atoms with Crippen LogP contribution in [-0.2, 0) is 13.0 Å². The molecule has 0 saturated carbocycles. The second-order valence-electron chi connectivity index (χ2n) is 6.39. The maximum Gasteiger partial charge on any atom is 0.273 e. The van der Waals surface area contributed by atoms with E-state index in [9.17, 15) is 4.79 Å². The molecule has 0 radical (unpaired) electrons. The first-order valence-electron chi connectivity index (χ1n) is 8.86. The van der Waals surface area contributed by atoms with Crippen molar-refractivity contribution in [3.63, 3.8) is 0 Å². The summed E-state index contributed by atoms with van der Waals surface area (Å²) < 4.78 is 1.87. The van der Waals surface area contributed by atoms with Gasteiger partial charge in [0, 0.05) is 36.6 Å². The summed E-state index contributed by atoms with van der Waals surface area (Å²) in [6.45, 7) is 3.06. The summed E-state index contributed by atoms with van der Waals surface area (Å²) in [5, 5.41) is 2.07. The van der Waals surface area contributed by atoms with Gasteiger partial charge in [-0.25, -0.2) is 4.98 Å². The highest BCUT2D eigenvalue weighted by Crippen LogP contribution is 2.17. The van der Waals surface area contributed by atoms with Gasteiger partial charge in [0.1, 0.15) is 11.3 Å². The Labute approximate surface area is 161 Å². The first-order chi connectivity index (χ1) is 13.2. The van der Waals surface area contributed by atoms with Crippen LogP contribution in [0.25, 0.3) is 5.65 Å². The number of rotatable bonds is 6. The molecular formula is C21H20N4OS. The van der Waals surface area contributed by atoms with E-state index in [1.54, 1.807) is 17.5 Å². The number of aromatic nitrogens is 3. The monoisotopic (exact) mass is 376 g/mol. The molecule has 0 aromatic carbocycles. The number of imidazole rings is 1. The van der Waals surface area contributed by atoms with Crippen LogP contribution in [0.5, 0.6) is 0 Å². The number of aryl methyl sites for hydroxylation is 1. The summed E-state index contributed by atoms with van der Waals surface area (Å²) in [6.07, 6.45) is 6.28. The van der Waals surface area contributed by atoms with E-state index in [-0.39, 0.29) is 5.91 Å². The van der Waals surface area contributed by atoms with E-state index >= 15 is 0 Å². The molecule has 136 valence electrons. The molecule has 4 aromatic heterocycles. The minimum atomic E-state index is -0.00777. The predicted molar refractivity (Wildman–Crippen MR) is 107 cm³/mol. The van der Waals surface area contributed by atoms with Gasteiger partial charge in [0.15, 0.2) is 0 Å². The molecule has 5 nitrogen and oxygen atoms in total. The number of hydrogen-bond donors (Lipinski definition) is 0. The predicted octanol–water partition coefficient (Wildman–Crippen LogP) is 3.98. The van der Waals surface area contributed by atoms with E-state index in [2.05, 4.69) is 21.4 Å². The molecule has 4 aromatic rings. The second kappa shape index (κ2) is 7.72. The minimum Gasteiger partial charge on any atom is -0.333 e. The zero-order valence-corrected chi connectivity index (χ0v) is 15.9. The van der Waals surface area contributed by atoms with Gasteiger partial charge in [-0.3, -0.25) is 14.2 Å². The Bertz CT molecular complexity index is 1040. The zero-order chi connectivity index (χ0) is 18.6. The molecule has 1 amide bonds. The van der Waals surface area contributed by atoms with Crippen molar-refractivity contribution >= 4 is 22.9 Å². The first kappa shape index (κ1) is 17.4. The Morgan fingerprint density at radius 3 is 2.89 bits per heavy atom. The maximum atomic E-state index is 13.5. The Balaban J connectivity index is 1.65. The number of amides is 1. The fourth-order valence-corrected chi connectivity index (χ4v) is 3.88. The van der Waals surface area contributed by atoms with Crippen LogP contribution in [-0.4, -0.2) is 31.7 Å². The standard InChI is InChI=1S/C21H20N4OS/c1-16-20(25-11-3-2-8-19(25)23-16)21(26)24(12-9-18-7-5-13-27-18)15-17-6-4-10-22-14-17/h2-8,10-11,13-14H,9,12,15H2,1H3. The Hall–Kier alpha value is -2.99. The molecule has 0 atom stereocenters. The normalized spacial score (nSPS) is 11.0. The largest absolute Gasteiger partial charge is 0.333 e. The summed E-state index contributed by atoms with van der Waals surface area (Å²) in [4.78, 5) is 25.3. The van der Waals surface area contributed by atoms with Crippen LogP contribution < -0.4 is 0 Å². The molecule has 0 bridgehead atoms. The van der Waals surface area contributed by atoms with Crippen LogP contribution in [0.3, 0.4) is 0 Å². The lowest BCUT2D eigenvalue weighted by Crippen LogP contribution is -2.33. The molecule has 0 unspecified atom stereocenters. The van der Waals surface area contributed by atoms with Gasteiger partial charge in [-0.2, -0.15) is 0 Å². The van der Waals surface area contributed by atoms with Crippen LogP contribution in [0, 0.1) is 6.92 Å². The fourth-order valence-electron chi connectivity index (χ4n) is 3.19. The van der Waals surface area contributed by atoms with Crippen molar-refractivity contribution < 1.29 is 4.79 Å². The van der Waals surface area contributed by atoms with Gasteiger partial charge >= 0.3 is 0 Å². The van der Waals surface area contributed by atoms with Crippen molar-refractivity contribution in [3.05, 3.63) is 88.3 Å². The molecule has 0 aliphatic heterocycles. The van der Waals surface area contributed by atoms with Gasteiger partial charge < -0.3 is 4.90 Å². The topological polar surface area (TPSA) is 50.5 Å². The number of nitrogens with zero attached hydrogens (tertiary/aromatic N) is 4. The van der Waals surface area contributed by atoms with E-state index in [0.717, 1.165) is 23.3 Å². The van der Waals surface area contributed by atoms with Gasteiger partial charge in [-0.05, 0) is 48.6 Å². The molecule has 0 fully saturated rings. The average molecular weight is 376 g/mol. The van der Waals surface area contributed by atoms with E-state index in [1.165, 1.54) is 4.88 Å². The summed E-state index contributed by atoms with van der Waals surface area (Å²) >= 11 is 1.72. The third kappa shape index (κ3) is 3.75. The van der Waals surface area contributed by atoms with Gasteiger partial charge in [0.2, 0.25) is 0 Å². The Morgan fingerprint density at radius 2 is 2.11 bits per heavy atom. The molecule has 0 saturated heterocycles. The van der Waals surface area contributed by atoms with Crippen LogP contribution in [0.15, 0.2) is 66.4 Å². The SMILES string of the molecule is Cc1nc2ccccn2c1C(=O)N(CCc1cccs1)Cc1cccnc1. The van der Waals surface area contributed by atoms with Crippen LogP contribution in [0.1, 0.15) is 26.6 Å². The third-order valence-electron chi connectivity index (χ3n) is 4.50. The van der Waals surface area contributed by atoms with Gasteiger partial charge in [-0.1, -0.05) is 18.2 Å². The van der Waals surface area contributed by atoms with Crippen molar-refractivity contribution in [3.8, 4) is 0 Å². The molecule has 0 N–H and O–H groups in total. The average Bonchev–Trinajstić information content (AvgIpc) is 3.32. The highest BCUT2D eigenvalue weighted by Gasteiger charge is 2.22. The molecule has 0 aliphatic carbocycles. The van der Waals surface area contributed by atoms with Crippen LogP contribution in [0.2, 0.25) is 0 Å². The summed E-state index contributed by atoms with van der Waals surface area (Å²) in [6, 6.07) is 13.8. The van der Waals surface area contributed by atoms with Crippen molar-refractivity contribution in [2.45, 2.75) is 19.9 Å². The molecule has 6 heteroatoms. The number of thiophene rings is 1. The quantitative estimate of drug-likeness (QED) is 0.511. The van der Waals surface area contributed by atoms with Gasteiger partial charge in [0.25, 0.3) is 5.91 Å². The van der Waals surface area contributed by atoms with E-state index in [0.29, 0.717) is 18.8 Å². The maximum absolute atomic E-state index is 13.5. The van der Waals surface area contributed by atoms with E-state index < -0.39 is 0 Å². The van der Waals surface area contributed by atoms with Gasteiger partial charge in [-0.15, -0.1) is 11.3 Å². The Kier molecular flexibility index (Phi) is 4.98.